The van der Waals surface area contributed by atoms with Crippen molar-refractivity contribution < 1.29 is 4.79 Å². The van der Waals surface area contributed by atoms with Crippen molar-refractivity contribution in [3.63, 3.8) is 0 Å². The quantitative estimate of drug-likeness (QED) is 0.525. The zero-order valence-electron chi connectivity index (χ0n) is 12.6. The summed E-state index contributed by atoms with van der Waals surface area (Å²) in [6.07, 6.45) is 10.3. The third kappa shape index (κ3) is 7.15. The molecular formula is C18H28O. The van der Waals surface area contributed by atoms with E-state index < -0.39 is 0 Å². The number of unbranched alkanes of at least 4 members (excludes halogenated alkanes) is 6. The molecule has 106 valence electrons. The van der Waals surface area contributed by atoms with Gasteiger partial charge < -0.3 is 0 Å². The third-order valence-corrected chi connectivity index (χ3v) is 3.71. The van der Waals surface area contributed by atoms with E-state index in [1.165, 1.54) is 49.7 Å². The first-order chi connectivity index (χ1) is 9.24. The molecule has 0 fully saturated rings. The van der Waals surface area contributed by atoms with Crippen LogP contribution in [0.1, 0.15) is 69.4 Å². The second kappa shape index (κ2) is 9.77. The smallest absolute Gasteiger partial charge is 0.137 e. The molecule has 1 rings (SSSR count). The average molecular weight is 260 g/mol. The maximum Gasteiger partial charge on any atom is 0.137 e. The highest BCUT2D eigenvalue weighted by Gasteiger charge is 2.05. The Kier molecular flexibility index (Phi) is 8.20. The Morgan fingerprint density at radius 3 is 2.26 bits per heavy atom. The topological polar surface area (TPSA) is 17.1 Å². The van der Waals surface area contributed by atoms with Crippen LogP contribution >= 0.6 is 0 Å². The number of benzene rings is 1. The Morgan fingerprint density at radius 1 is 0.947 bits per heavy atom. The monoisotopic (exact) mass is 260 g/mol. The fourth-order valence-electron chi connectivity index (χ4n) is 2.39. The van der Waals surface area contributed by atoms with Crippen LogP contribution < -0.4 is 0 Å². The van der Waals surface area contributed by atoms with Crippen molar-refractivity contribution in [2.75, 3.05) is 0 Å². The molecule has 0 N–H and O–H groups in total. The number of hydrogen-bond donors (Lipinski definition) is 0. The van der Waals surface area contributed by atoms with E-state index in [2.05, 4.69) is 26.0 Å². The van der Waals surface area contributed by atoms with E-state index in [0.717, 1.165) is 12.8 Å². The van der Waals surface area contributed by atoms with E-state index in [0.29, 0.717) is 12.2 Å². The van der Waals surface area contributed by atoms with Crippen LogP contribution in [0, 0.1) is 6.92 Å². The van der Waals surface area contributed by atoms with Gasteiger partial charge >= 0.3 is 0 Å². The molecule has 1 aromatic carbocycles. The van der Waals surface area contributed by atoms with E-state index >= 15 is 0 Å². The van der Waals surface area contributed by atoms with Gasteiger partial charge in [-0.05, 0) is 24.5 Å². The molecule has 0 amide bonds. The van der Waals surface area contributed by atoms with Crippen LogP contribution in [0.3, 0.4) is 0 Å². The Labute approximate surface area is 118 Å². The molecule has 0 unspecified atom stereocenters. The number of Topliss-reactive ketones (excluding diaryl/α,β-unsaturated/α-hetero) is 1. The normalized spacial score (nSPS) is 10.6. The van der Waals surface area contributed by atoms with Crippen molar-refractivity contribution >= 4 is 5.78 Å². The van der Waals surface area contributed by atoms with Crippen LogP contribution in [-0.2, 0) is 11.2 Å². The number of hydrogen-bond acceptors (Lipinski definition) is 1. The van der Waals surface area contributed by atoms with Crippen molar-refractivity contribution in [3.8, 4) is 0 Å². The van der Waals surface area contributed by atoms with Crippen molar-refractivity contribution in [1.82, 2.24) is 0 Å². The van der Waals surface area contributed by atoms with E-state index in [4.69, 9.17) is 0 Å². The zero-order chi connectivity index (χ0) is 13.9. The molecule has 0 aliphatic rings. The minimum Gasteiger partial charge on any atom is -0.299 e. The summed E-state index contributed by atoms with van der Waals surface area (Å²) in [7, 11) is 0. The molecule has 0 aliphatic heterocycles. The molecule has 1 heteroatoms. The van der Waals surface area contributed by atoms with Gasteiger partial charge in [0.25, 0.3) is 0 Å². The van der Waals surface area contributed by atoms with E-state index in [1.54, 1.807) is 0 Å². The molecule has 0 aromatic heterocycles. The Morgan fingerprint density at radius 2 is 1.58 bits per heavy atom. The first-order valence-corrected chi connectivity index (χ1v) is 7.80. The lowest BCUT2D eigenvalue weighted by molar-refractivity contribution is -0.118. The maximum absolute atomic E-state index is 11.9. The van der Waals surface area contributed by atoms with Gasteiger partial charge in [-0.3, -0.25) is 4.79 Å². The van der Waals surface area contributed by atoms with E-state index in [1.807, 2.05) is 12.1 Å². The van der Waals surface area contributed by atoms with Gasteiger partial charge in [-0.15, -0.1) is 0 Å². The summed E-state index contributed by atoms with van der Waals surface area (Å²) in [4.78, 5) is 11.9. The number of rotatable bonds is 10. The van der Waals surface area contributed by atoms with Crippen molar-refractivity contribution in [2.24, 2.45) is 0 Å². The molecule has 0 heterocycles. The lowest BCUT2D eigenvalue weighted by Gasteiger charge is -2.05. The van der Waals surface area contributed by atoms with Crippen LogP contribution in [-0.4, -0.2) is 5.78 Å². The summed E-state index contributed by atoms with van der Waals surface area (Å²) < 4.78 is 0. The third-order valence-electron chi connectivity index (χ3n) is 3.71. The molecular weight excluding hydrogens is 232 g/mol. The Bertz CT molecular complexity index is 368. The average Bonchev–Trinajstić information content (AvgIpc) is 2.40. The molecule has 0 bridgehead atoms. The minimum atomic E-state index is 0.392. The van der Waals surface area contributed by atoms with E-state index in [-0.39, 0.29) is 0 Å². The van der Waals surface area contributed by atoms with Crippen molar-refractivity contribution in [2.45, 2.75) is 71.6 Å². The molecule has 0 spiro atoms. The fraction of sp³-hybridized carbons (Fsp3) is 0.611. The molecule has 1 aromatic rings. The van der Waals surface area contributed by atoms with Crippen LogP contribution in [0.4, 0.5) is 0 Å². The minimum absolute atomic E-state index is 0.392. The van der Waals surface area contributed by atoms with Gasteiger partial charge in [0.1, 0.15) is 5.78 Å². The van der Waals surface area contributed by atoms with E-state index in [9.17, 15) is 4.79 Å². The summed E-state index contributed by atoms with van der Waals surface area (Å²) in [5, 5.41) is 0. The van der Waals surface area contributed by atoms with Crippen molar-refractivity contribution in [3.05, 3.63) is 35.4 Å². The first kappa shape index (κ1) is 15.9. The SMILES string of the molecule is CCCCCCCCCC(=O)Cc1ccccc1C. The molecule has 0 radical (unpaired) electrons. The Balaban J connectivity index is 2.10. The molecule has 19 heavy (non-hydrogen) atoms. The van der Waals surface area contributed by atoms with Gasteiger partial charge in [0.05, 0.1) is 0 Å². The lowest BCUT2D eigenvalue weighted by atomic mass is 10.00. The number of carbonyl (C=O) groups is 1. The van der Waals surface area contributed by atoms with Crippen molar-refractivity contribution in [1.29, 1.82) is 0 Å². The van der Waals surface area contributed by atoms with Crippen LogP contribution in [0.15, 0.2) is 24.3 Å². The van der Waals surface area contributed by atoms with Crippen LogP contribution in [0.25, 0.3) is 0 Å². The van der Waals surface area contributed by atoms with Gasteiger partial charge in [-0.1, -0.05) is 69.7 Å². The Hall–Kier alpha value is -1.11. The van der Waals surface area contributed by atoms with Crippen LogP contribution in [0.5, 0.6) is 0 Å². The highest BCUT2D eigenvalue weighted by Crippen LogP contribution is 2.12. The zero-order valence-corrected chi connectivity index (χ0v) is 12.6. The molecule has 0 aliphatic carbocycles. The second-order valence-corrected chi connectivity index (χ2v) is 5.51. The highest BCUT2D eigenvalue weighted by molar-refractivity contribution is 5.81. The number of aryl methyl sites for hydroxylation is 1. The molecule has 1 nitrogen and oxygen atoms in total. The predicted octanol–water partition coefficient (Wildman–Crippen LogP) is 5.25. The van der Waals surface area contributed by atoms with Gasteiger partial charge in [-0.25, -0.2) is 0 Å². The molecule has 0 saturated heterocycles. The number of carbonyl (C=O) groups excluding carboxylic acids is 1. The number of ketones is 1. The summed E-state index contributed by atoms with van der Waals surface area (Å²) in [6, 6.07) is 8.19. The highest BCUT2D eigenvalue weighted by atomic mass is 16.1. The van der Waals surface area contributed by atoms with Gasteiger partial charge in [0.15, 0.2) is 0 Å². The van der Waals surface area contributed by atoms with Gasteiger partial charge in [0.2, 0.25) is 0 Å². The maximum atomic E-state index is 11.9. The summed E-state index contributed by atoms with van der Waals surface area (Å²) in [5.74, 6) is 0.392. The molecule has 0 atom stereocenters. The van der Waals surface area contributed by atoms with Gasteiger partial charge in [-0.2, -0.15) is 0 Å². The first-order valence-electron chi connectivity index (χ1n) is 7.80. The molecule has 0 saturated carbocycles. The largest absolute Gasteiger partial charge is 0.299 e. The lowest BCUT2D eigenvalue weighted by Crippen LogP contribution is -2.03. The summed E-state index contributed by atoms with van der Waals surface area (Å²) >= 11 is 0. The van der Waals surface area contributed by atoms with Crippen LogP contribution in [0.2, 0.25) is 0 Å². The standard InChI is InChI=1S/C18H28O/c1-3-4-5-6-7-8-9-14-18(19)15-17-13-11-10-12-16(17)2/h10-13H,3-9,14-15H2,1-2H3. The van der Waals surface area contributed by atoms with Gasteiger partial charge in [0, 0.05) is 12.8 Å². The summed E-state index contributed by atoms with van der Waals surface area (Å²) in [6.45, 7) is 4.32. The predicted molar refractivity (Wildman–Crippen MR) is 82.5 cm³/mol. The fourth-order valence-corrected chi connectivity index (χ4v) is 2.39. The summed E-state index contributed by atoms with van der Waals surface area (Å²) in [5.41, 5.74) is 2.42. The second-order valence-electron chi connectivity index (χ2n) is 5.51.